The van der Waals surface area contributed by atoms with Gasteiger partial charge in [-0.1, -0.05) is 18.2 Å². The van der Waals surface area contributed by atoms with Crippen molar-refractivity contribution < 1.29 is 14.6 Å². The van der Waals surface area contributed by atoms with Crippen LogP contribution in [0.4, 0.5) is 10.1 Å². The fraction of sp³-hybridized carbons (Fsp3) is 0.176. The van der Waals surface area contributed by atoms with E-state index in [1.807, 2.05) is 34.9 Å². The third-order valence-electron chi connectivity index (χ3n) is 3.05. The van der Waals surface area contributed by atoms with Gasteiger partial charge in [0.2, 0.25) is 0 Å². The van der Waals surface area contributed by atoms with Crippen molar-refractivity contribution in [2.75, 3.05) is 5.32 Å². The minimum atomic E-state index is -1.17. The molecule has 132 valence electrons. The number of halogens is 1. The molecule has 0 aliphatic carbocycles. The number of aliphatic hydroxyl groups is 2. The molecule has 4 N–H and O–H groups in total. The number of anilines is 1. The number of rotatable bonds is 4. The Hall–Kier alpha value is -2.55. The molecular weight excluding hydrogens is 343 g/mol. The summed E-state index contributed by atoms with van der Waals surface area (Å²) in [6, 6.07) is 16.0. The molecule has 0 spiro atoms. The number of nitrogens with one attached hydrogen (secondary N) is 2. The molecule has 0 aliphatic rings. The van der Waals surface area contributed by atoms with Gasteiger partial charge in [-0.15, -0.1) is 0 Å². The Kier molecular flexibility index (Phi) is 6.81. The Balaban J connectivity index is 0.000000511. The second kappa shape index (κ2) is 9.07. The Labute approximate surface area is 149 Å². The summed E-state index contributed by atoms with van der Waals surface area (Å²) in [4.78, 5) is 0. The molecule has 6 nitrogen and oxygen atoms in total. The molecular formula is C17H19FN4O2S. The van der Waals surface area contributed by atoms with E-state index in [0.29, 0.717) is 11.3 Å². The maximum atomic E-state index is 12.9. The summed E-state index contributed by atoms with van der Waals surface area (Å²) in [6.45, 7) is 1.76. The second-order valence-electron chi connectivity index (χ2n) is 5.11. The van der Waals surface area contributed by atoms with E-state index in [1.165, 1.54) is 19.1 Å². The molecule has 3 rings (SSSR count). The molecule has 1 aromatic heterocycles. The van der Waals surface area contributed by atoms with Crippen LogP contribution in [0.3, 0.4) is 0 Å². The fourth-order valence-corrected chi connectivity index (χ4v) is 2.30. The minimum Gasteiger partial charge on any atom is -0.378 e. The zero-order valence-electron chi connectivity index (χ0n) is 13.6. The van der Waals surface area contributed by atoms with Gasteiger partial charge in [-0.2, -0.15) is 5.10 Å². The van der Waals surface area contributed by atoms with Gasteiger partial charge in [0.25, 0.3) is 0 Å². The monoisotopic (exact) mass is 362 g/mol. The summed E-state index contributed by atoms with van der Waals surface area (Å²) in [5.41, 5.74) is 1.78. The number of para-hydroxylation sites is 1. The van der Waals surface area contributed by atoms with Crippen molar-refractivity contribution in [2.24, 2.45) is 0 Å². The highest BCUT2D eigenvalue weighted by Crippen LogP contribution is 2.13. The van der Waals surface area contributed by atoms with Gasteiger partial charge >= 0.3 is 0 Å². The highest BCUT2D eigenvalue weighted by atomic mass is 32.1. The summed E-state index contributed by atoms with van der Waals surface area (Å²) in [6.07, 6.45) is -1.17. The molecule has 0 unspecified atom stereocenters. The smallest absolute Gasteiger partial charge is 0.199 e. The first-order chi connectivity index (χ1) is 12.0. The first-order valence-electron chi connectivity index (χ1n) is 7.54. The molecule has 1 heterocycles. The molecule has 0 bridgehead atoms. The number of hydrogen-bond donors (Lipinski definition) is 4. The molecule has 0 fully saturated rings. The second-order valence-corrected chi connectivity index (χ2v) is 5.49. The van der Waals surface area contributed by atoms with Crippen LogP contribution < -0.4 is 5.32 Å². The van der Waals surface area contributed by atoms with Crippen LogP contribution in [0.1, 0.15) is 12.7 Å². The maximum Gasteiger partial charge on any atom is 0.199 e. The first-order valence-corrected chi connectivity index (χ1v) is 7.95. The molecule has 2 aromatic carbocycles. The SMILES string of the molecule is CC(O)O.Fc1ccc(NCc2n[nH]c(=S)n2-c2ccccc2)cc1. The number of aromatic amines is 1. The summed E-state index contributed by atoms with van der Waals surface area (Å²) in [5.74, 6) is 0.503. The van der Waals surface area contributed by atoms with Crippen molar-refractivity contribution in [3.63, 3.8) is 0 Å². The average Bonchev–Trinajstić information content (AvgIpc) is 2.95. The number of aromatic nitrogens is 3. The topological polar surface area (TPSA) is 86.1 Å². The molecule has 0 radical (unpaired) electrons. The number of aliphatic hydroxyl groups excluding tert-OH is 1. The van der Waals surface area contributed by atoms with Crippen LogP contribution in [0, 0.1) is 10.6 Å². The Morgan fingerprint density at radius 1 is 1.16 bits per heavy atom. The zero-order chi connectivity index (χ0) is 18.2. The molecule has 25 heavy (non-hydrogen) atoms. The van der Waals surface area contributed by atoms with Gasteiger partial charge in [-0.3, -0.25) is 9.67 Å². The highest BCUT2D eigenvalue weighted by Gasteiger charge is 2.07. The van der Waals surface area contributed by atoms with Gasteiger partial charge in [-0.25, -0.2) is 4.39 Å². The Morgan fingerprint density at radius 3 is 2.36 bits per heavy atom. The molecule has 0 atom stereocenters. The summed E-state index contributed by atoms with van der Waals surface area (Å²) >= 11 is 5.27. The number of benzene rings is 2. The Bertz CT molecular complexity index is 829. The van der Waals surface area contributed by atoms with Crippen LogP contribution in [0.2, 0.25) is 0 Å². The molecule has 3 aromatic rings. The van der Waals surface area contributed by atoms with E-state index in [-0.39, 0.29) is 5.82 Å². The Morgan fingerprint density at radius 2 is 1.76 bits per heavy atom. The number of nitrogens with zero attached hydrogens (tertiary/aromatic N) is 2. The lowest BCUT2D eigenvalue weighted by Crippen LogP contribution is -2.07. The number of hydrogen-bond acceptors (Lipinski definition) is 5. The van der Waals surface area contributed by atoms with Crippen LogP contribution >= 0.6 is 12.2 Å². The molecule has 0 saturated carbocycles. The lowest BCUT2D eigenvalue weighted by atomic mass is 10.3. The molecule has 0 saturated heterocycles. The third kappa shape index (κ3) is 5.79. The first kappa shape index (κ1) is 18.8. The van der Waals surface area contributed by atoms with Gasteiger partial charge in [-0.05, 0) is 55.5 Å². The molecule has 0 amide bonds. The van der Waals surface area contributed by atoms with E-state index >= 15 is 0 Å². The van der Waals surface area contributed by atoms with Crippen molar-refractivity contribution in [1.29, 1.82) is 0 Å². The predicted molar refractivity (Wildman–Crippen MR) is 96.4 cm³/mol. The highest BCUT2D eigenvalue weighted by molar-refractivity contribution is 7.71. The van der Waals surface area contributed by atoms with Crippen molar-refractivity contribution >= 4 is 17.9 Å². The van der Waals surface area contributed by atoms with E-state index in [4.69, 9.17) is 22.4 Å². The van der Waals surface area contributed by atoms with Gasteiger partial charge in [0.05, 0.1) is 6.54 Å². The van der Waals surface area contributed by atoms with Crippen molar-refractivity contribution in [2.45, 2.75) is 19.8 Å². The fourth-order valence-electron chi connectivity index (χ4n) is 2.04. The van der Waals surface area contributed by atoms with E-state index in [2.05, 4.69) is 15.5 Å². The number of H-pyrrole nitrogens is 1. The van der Waals surface area contributed by atoms with Crippen LogP contribution in [0.5, 0.6) is 0 Å². The van der Waals surface area contributed by atoms with E-state index in [9.17, 15) is 4.39 Å². The van der Waals surface area contributed by atoms with E-state index < -0.39 is 6.29 Å². The summed E-state index contributed by atoms with van der Waals surface area (Å²) in [5, 5.41) is 25.4. The van der Waals surface area contributed by atoms with E-state index in [0.717, 1.165) is 17.2 Å². The lowest BCUT2D eigenvalue weighted by molar-refractivity contribution is -0.0228. The van der Waals surface area contributed by atoms with Crippen LogP contribution in [-0.2, 0) is 6.54 Å². The van der Waals surface area contributed by atoms with Crippen molar-refractivity contribution in [1.82, 2.24) is 14.8 Å². The zero-order valence-corrected chi connectivity index (χ0v) is 14.4. The third-order valence-corrected chi connectivity index (χ3v) is 3.32. The van der Waals surface area contributed by atoms with Gasteiger partial charge in [0, 0.05) is 11.4 Å². The largest absolute Gasteiger partial charge is 0.378 e. The summed E-state index contributed by atoms with van der Waals surface area (Å²) < 4.78 is 15.3. The van der Waals surface area contributed by atoms with E-state index in [1.54, 1.807) is 12.1 Å². The van der Waals surface area contributed by atoms with Crippen LogP contribution in [0.15, 0.2) is 54.6 Å². The van der Waals surface area contributed by atoms with Crippen molar-refractivity contribution in [3.05, 3.63) is 71.0 Å². The quantitative estimate of drug-likeness (QED) is 0.423. The van der Waals surface area contributed by atoms with Crippen LogP contribution in [0.25, 0.3) is 5.69 Å². The minimum absolute atomic E-state index is 0.257. The standard InChI is InChI=1S/C15H13FN4S.C2H6O2/c16-11-6-8-12(9-7-11)17-10-14-18-19-15(21)20(14)13-4-2-1-3-5-13;1-2(3)4/h1-9,17H,10H2,(H,19,21);2-4H,1H3. The average molecular weight is 362 g/mol. The van der Waals surface area contributed by atoms with Crippen molar-refractivity contribution in [3.8, 4) is 5.69 Å². The summed E-state index contributed by atoms with van der Waals surface area (Å²) in [7, 11) is 0. The lowest BCUT2D eigenvalue weighted by Gasteiger charge is -2.08. The van der Waals surface area contributed by atoms with Gasteiger partial charge in [0.1, 0.15) is 12.1 Å². The maximum absolute atomic E-state index is 12.9. The molecule has 8 heteroatoms. The van der Waals surface area contributed by atoms with Gasteiger partial charge in [0.15, 0.2) is 10.6 Å². The van der Waals surface area contributed by atoms with Crippen LogP contribution in [-0.4, -0.2) is 31.3 Å². The molecule has 0 aliphatic heterocycles. The predicted octanol–water partition coefficient (Wildman–Crippen LogP) is 3.00. The van der Waals surface area contributed by atoms with Gasteiger partial charge < -0.3 is 15.5 Å². The normalized spacial score (nSPS) is 10.3.